The molecular weight excluding hydrogens is 250 g/mol. The molecule has 1 aromatic carbocycles. The Morgan fingerprint density at radius 1 is 1.25 bits per heavy atom. The van der Waals surface area contributed by atoms with E-state index in [4.69, 9.17) is 0 Å². The fourth-order valence-electron chi connectivity index (χ4n) is 2.57. The van der Waals surface area contributed by atoms with Crippen molar-refractivity contribution in [3.63, 3.8) is 0 Å². The molecule has 1 aliphatic rings. The number of amides is 1. The van der Waals surface area contributed by atoms with E-state index in [9.17, 15) is 9.90 Å². The van der Waals surface area contributed by atoms with Crippen molar-refractivity contribution in [2.45, 2.75) is 53.1 Å². The fraction of sp³-hybridized carbons (Fsp3) is 0.588. The minimum Gasteiger partial charge on any atom is -0.383 e. The number of β-amino-alcohol motifs (C(OH)–C–C–N with tert-alkyl or cyclic N) is 1. The third-order valence-electron chi connectivity index (χ3n) is 3.96. The summed E-state index contributed by atoms with van der Waals surface area (Å²) in [6, 6.07) is 6.06. The molecule has 1 atom stereocenters. The highest BCUT2D eigenvalue weighted by Gasteiger charge is 2.35. The predicted octanol–water partition coefficient (Wildman–Crippen LogP) is 3.16. The van der Waals surface area contributed by atoms with E-state index < -0.39 is 5.60 Å². The molecule has 2 rings (SSSR count). The summed E-state index contributed by atoms with van der Waals surface area (Å²) in [6.07, 6.45) is 1.57. The second-order valence-corrected chi connectivity index (χ2v) is 5.37. The first-order valence-corrected chi connectivity index (χ1v) is 7.48. The van der Waals surface area contributed by atoms with Crippen LogP contribution >= 0.6 is 0 Å². The summed E-state index contributed by atoms with van der Waals surface area (Å²) >= 11 is 0. The number of hydrogen-bond donors (Lipinski definition) is 1. The molecule has 1 fully saturated rings. The molecule has 0 bridgehead atoms. The molecule has 0 aliphatic carbocycles. The summed E-state index contributed by atoms with van der Waals surface area (Å²) in [5.74, 6) is 0.0389. The van der Waals surface area contributed by atoms with Crippen molar-refractivity contribution in [2.24, 2.45) is 0 Å². The summed E-state index contributed by atoms with van der Waals surface area (Å²) in [5, 5.41) is 10.8. The van der Waals surface area contributed by atoms with E-state index >= 15 is 0 Å². The number of hydrogen-bond acceptors (Lipinski definition) is 2. The molecule has 0 radical (unpaired) electrons. The molecule has 0 aromatic heterocycles. The first kappa shape index (κ1) is 16.7. The van der Waals surface area contributed by atoms with Gasteiger partial charge in [0.05, 0.1) is 6.54 Å². The topological polar surface area (TPSA) is 40.5 Å². The highest BCUT2D eigenvalue weighted by Crippen LogP contribution is 2.32. The van der Waals surface area contributed by atoms with E-state index in [1.807, 2.05) is 39.0 Å². The van der Waals surface area contributed by atoms with Crippen LogP contribution in [0.25, 0.3) is 0 Å². The molecule has 112 valence electrons. The largest absolute Gasteiger partial charge is 0.383 e. The number of likely N-dealkylation sites (tertiary alicyclic amines) is 1. The van der Waals surface area contributed by atoms with Gasteiger partial charge in [-0.05, 0) is 43.4 Å². The Balaban J connectivity index is 0.000000956. The van der Waals surface area contributed by atoms with E-state index in [2.05, 4.69) is 6.92 Å². The lowest BCUT2D eigenvalue weighted by molar-refractivity contribution is -0.136. The Hall–Kier alpha value is -1.35. The quantitative estimate of drug-likeness (QED) is 0.856. The van der Waals surface area contributed by atoms with Crippen molar-refractivity contribution in [2.75, 3.05) is 13.1 Å². The molecular formula is C17H27NO2. The van der Waals surface area contributed by atoms with Crippen molar-refractivity contribution >= 4 is 5.91 Å². The molecule has 20 heavy (non-hydrogen) atoms. The summed E-state index contributed by atoms with van der Waals surface area (Å²) in [6.45, 7) is 10.8. The third-order valence-corrected chi connectivity index (χ3v) is 3.96. The number of benzene rings is 1. The first-order valence-electron chi connectivity index (χ1n) is 7.48. The minimum atomic E-state index is -0.887. The van der Waals surface area contributed by atoms with E-state index in [-0.39, 0.29) is 5.91 Å². The zero-order valence-electron chi connectivity index (χ0n) is 13.4. The molecule has 0 saturated carbocycles. The van der Waals surface area contributed by atoms with Gasteiger partial charge in [0, 0.05) is 13.5 Å². The standard InChI is InChI=1S/C15H21NO2.C2H6/c1-11-5-6-14(9-12(11)2)15(18)7-4-8-16(10-15)13(3)17;1-2/h5-6,9,18H,4,7-8,10H2,1-3H3;1-2H3. The van der Waals surface area contributed by atoms with Crippen LogP contribution in [0.15, 0.2) is 18.2 Å². The van der Waals surface area contributed by atoms with Crippen molar-refractivity contribution in [1.82, 2.24) is 4.90 Å². The molecule has 3 heteroatoms. The Morgan fingerprint density at radius 2 is 1.90 bits per heavy atom. The van der Waals surface area contributed by atoms with Gasteiger partial charge in [-0.2, -0.15) is 0 Å². The third kappa shape index (κ3) is 3.60. The molecule has 1 unspecified atom stereocenters. The number of piperidine rings is 1. The Kier molecular flexibility index (Phi) is 5.75. The SMILES string of the molecule is CC.CC(=O)N1CCCC(O)(c2ccc(C)c(C)c2)C1. The zero-order chi connectivity index (χ0) is 15.3. The number of aliphatic hydroxyl groups is 1. The van der Waals surface area contributed by atoms with Crippen LogP contribution in [0.3, 0.4) is 0 Å². The maximum atomic E-state index is 11.5. The smallest absolute Gasteiger partial charge is 0.219 e. The normalized spacial score (nSPS) is 22.0. The first-order chi connectivity index (χ1) is 9.42. The average Bonchev–Trinajstić information content (AvgIpc) is 2.44. The maximum absolute atomic E-state index is 11.5. The Bertz CT molecular complexity index is 470. The van der Waals surface area contributed by atoms with Crippen molar-refractivity contribution in [3.8, 4) is 0 Å². The number of carbonyl (C=O) groups is 1. The number of rotatable bonds is 1. The molecule has 1 aliphatic heterocycles. The molecule has 1 amide bonds. The second-order valence-electron chi connectivity index (χ2n) is 5.37. The van der Waals surface area contributed by atoms with Crippen LogP contribution in [0.4, 0.5) is 0 Å². The van der Waals surface area contributed by atoms with Crippen molar-refractivity contribution in [3.05, 3.63) is 34.9 Å². The molecule has 0 spiro atoms. The summed E-state index contributed by atoms with van der Waals surface area (Å²) in [5.41, 5.74) is 2.45. The lowest BCUT2D eigenvalue weighted by Crippen LogP contribution is -2.47. The van der Waals surface area contributed by atoms with Crippen molar-refractivity contribution in [1.29, 1.82) is 0 Å². The van der Waals surface area contributed by atoms with Gasteiger partial charge in [-0.3, -0.25) is 4.79 Å². The number of carbonyl (C=O) groups excluding carboxylic acids is 1. The molecule has 3 nitrogen and oxygen atoms in total. The van der Waals surface area contributed by atoms with Crippen LogP contribution in [0.2, 0.25) is 0 Å². The lowest BCUT2D eigenvalue weighted by atomic mass is 9.84. The number of aryl methyl sites for hydroxylation is 2. The van der Waals surface area contributed by atoms with Gasteiger partial charge in [-0.1, -0.05) is 32.0 Å². The van der Waals surface area contributed by atoms with Crippen LogP contribution in [0, 0.1) is 13.8 Å². The predicted molar refractivity (Wildman–Crippen MR) is 82.6 cm³/mol. The Labute approximate surface area is 122 Å². The van der Waals surface area contributed by atoms with Gasteiger partial charge in [-0.25, -0.2) is 0 Å². The van der Waals surface area contributed by atoms with E-state index in [0.29, 0.717) is 6.54 Å². The zero-order valence-corrected chi connectivity index (χ0v) is 13.4. The lowest BCUT2D eigenvalue weighted by Gasteiger charge is -2.39. The van der Waals surface area contributed by atoms with E-state index in [1.165, 1.54) is 11.1 Å². The van der Waals surface area contributed by atoms with Gasteiger partial charge < -0.3 is 10.0 Å². The van der Waals surface area contributed by atoms with Crippen LogP contribution in [-0.4, -0.2) is 29.0 Å². The summed E-state index contributed by atoms with van der Waals surface area (Å²) in [7, 11) is 0. The maximum Gasteiger partial charge on any atom is 0.219 e. The number of nitrogens with zero attached hydrogens (tertiary/aromatic N) is 1. The van der Waals surface area contributed by atoms with Gasteiger partial charge in [0.25, 0.3) is 0 Å². The minimum absolute atomic E-state index is 0.0389. The fourth-order valence-corrected chi connectivity index (χ4v) is 2.57. The molecule has 1 heterocycles. The molecule has 1 aromatic rings. The average molecular weight is 277 g/mol. The van der Waals surface area contributed by atoms with Gasteiger partial charge in [0.15, 0.2) is 0 Å². The van der Waals surface area contributed by atoms with Crippen LogP contribution in [-0.2, 0) is 10.4 Å². The Morgan fingerprint density at radius 3 is 2.45 bits per heavy atom. The van der Waals surface area contributed by atoms with Crippen LogP contribution in [0.1, 0.15) is 50.3 Å². The second kappa shape index (κ2) is 6.89. The van der Waals surface area contributed by atoms with Gasteiger partial charge in [0.2, 0.25) is 5.91 Å². The highest BCUT2D eigenvalue weighted by molar-refractivity contribution is 5.73. The van der Waals surface area contributed by atoms with E-state index in [1.54, 1.807) is 11.8 Å². The highest BCUT2D eigenvalue weighted by atomic mass is 16.3. The van der Waals surface area contributed by atoms with Gasteiger partial charge in [0.1, 0.15) is 5.60 Å². The molecule has 1 N–H and O–H groups in total. The monoisotopic (exact) mass is 277 g/mol. The van der Waals surface area contributed by atoms with E-state index in [0.717, 1.165) is 24.9 Å². The van der Waals surface area contributed by atoms with Crippen molar-refractivity contribution < 1.29 is 9.90 Å². The van der Waals surface area contributed by atoms with Gasteiger partial charge >= 0.3 is 0 Å². The summed E-state index contributed by atoms with van der Waals surface area (Å²) < 4.78 is 0. The summed E-state index contributed by atoms with van der Waals surface area (Å²) in [4.78, 5) is 13.2. The molecule has 1 saturated heterocycles. The van der Waals surface area contributed by atoms with Crippen LogP contribution in [0.5, 0.6) is 0 Å². The van der Waals surface area contributed by atoms with Gasteiger partial charge in [-0.15, -0.1) is 0 Å². The van der Waals surface area contributed by atoms with Crippen LogP contribution < -0.4 is 0 Å².